The van der Waals surface area contributed by atoms with Gasteiger partial charge in [-0.1, -0.05) is 159 Å². The second-order valence-electron chi connectivity index (χ2n) is 17.8. The van der Waals surface area contributed by atoms with Crippen LogP contribution in [0.3, 0.4) is 0 Å². The monoisotopic (exact) mass is 785 g/mol. The molecule has 1 aliphatic heterocycles. The Hall–Kier alpha value is -7.10. The summed E-state index contributed by atoms with van der Waals surface area (Å²) in [7, 11) is 0. The van der Waals surface area contributed by atoms with Gasteiger partial charge in [0, 0.05) is 28.6 Å². The van der Waals surface area contributed by atoms with Crippen molar-refractivity contribution < 1.29 is 9.47 Å². The molecule has 3 heteroatoms. The highest BCUT2D eigenvalue weighted by Gasteiger charge is 2.57. The van der Waals surface area contributed by atoms with Gasteiger partial charge in [-0.25, -0.2) is 0 Å². The minimum Gasteiger partial charge on any atom is -0.449 e. The van der Waals surface area contributed by atoms with Crippen molar-refractivity contribution in [3.63, 3.8) is 0 Å². The standard InChI is InChI=1S/C58H43NO2/c1-57(2)45-23-10-9-21-43(45)55-39(22-14-27-49(55)57)36-30-32-38(33-31-36)59(37-16-4-3-5-17-37)51-28-15-29-52-56(51)61-54-35-50-44(34-53(54)60-52)42-20-8-13-26-48(42)58(50)46-24-11-6-18-40(46)41-19-7-12-25-47(41)58/h4,6-35,40,46H,3,5H2,1-2H3. The highest BCUT2D eigenvalue weighted by Crippen LogP contribution is 2.67. The second-order valence-corrected chi connectivity index (χ2v) is 17.8. The minimum atomic E-state index is -0.352. The van der Waals surface area contributed by atoms with Crippen LogP contribution in [0.15, 0.2) is 194 Å². The molecule has 0 amide bonds. The molecule has 3 atom stereocenters. The Bertz CT molecular complexity index is 3140. The molecule has 0 bridgehead atoms. The lowest BCUT2D eigenvalue weighted by molar-refractivity contribution is 0.359. The molecule has 13 rings (SSSR count). The molecule has 7 aromatic carbocycles. The molecular formula is C58H43NO2. The van der Waals surface area contributed by atoms with Gasteiger partial charge in [-0.15, -0.1) is 0 Å². The first-order valence-corrected chi connectivity index (χ1v) is 21.7. The molecule has 5 aliphatic carbocycles. The first kappa shape index (κ1) is 34.7. The van der Waals surface area contributed by atoms with E-state index in [4.69, 9.17) is 9.47 Å². The molecule has 7 aromatic rings. The average Bonchev–Trinajstić information content (AvgIpc) is 3.86. The zero-order valence-corrected chi connectivity index (χ0v) is 34.2. The average molecular weight is 786 g/mol. The van der Waals surface area contributed by atoms with Crippen LogP contribution in [-0.4, -0.2) is 0 Å². The van der Waals surface area contributed by atoms with Crippen LogP contribution in [0, 0.1) is 5.92 Å². The van der Waals surface area contributed by atoms with Gasteiger partial charge in [0.05, 0.1) is 11.1 Å². The summed E-state index contributed by atoms with van der Waals surface area (Å²) in [6.45, 7) is 4.69. The van der Waals surface area contributed by atoms with Crippen LogP contribution in [0.5, 0.6) is 23.0 Å². The SMILES string of the molecule is CC1(C)c2ccccc2-c2c(-c3ccc(N(C4=CCCC=C4)c4cccc5c4Oc4cc6c(cc4O5)-c4ccccc4C64c5ccccc5C5C=CC=CC54)cc3)cccc21. The lowest BCUT2D eigenvalue weighted by Gasteiger charge is -2.36. The van der Waals surface area contributed by atoms with Crippen LogP contribution in [-0.2, 0) is 10.8 Å². The number of fused-ring (bicyclic) bond motifs is 15. The number of benzene rings is 7. The van der Waals surface area contributed by atoms with Crippen LogP contribution in [0.1, 0.15) is 66.0 Å². The smallest absolute Gasteiger partial charge is 0.194 e. The third-order valence-electron chi connectivity index (χ3n) is 14.4. The van der Waals surface area contributed by atoms with Crippen molar-refractivity contribution in [1.82, 2.24) is 0 Å². The zero-order chi connectivity index (χ0) is 40.5. The maximum absolute atomic E-state index is 7.20. The molecule has 0 saturated heterocycles. The molecule has 61 heavy (non-hydrogen) atoms. The van der Waals surface area contributed by atoms with Crippen molar-refractivity contribution in [2.24, 2.45) is 5.92 Å². The van der Waals surface area contributed by atoms with E-state index >= 15 is 0 Å². The Labute approximate surface area is 357 Å². The summed E-state index contributed by atoms with van der Waals surface area (Å²) in [5.41, 5.74) is 18.5. The Morgan fingerprint density at radius 2 is 1.28 bits per heavy atom. The highest BCUT2D eigenvalue weighted by atomic mass is 16.6. The van der Waals surface area contributed by atoms with E-state index in [1.54, 1.807) is 0 Å². The van der Waals surface area contributed by atoms with Gasteiger partial charge in [-0.05, 0) is 122 Å². The molecule has 3 nitrogen and oxygen atoms in total. The number of ether oxygens (including phenoxy) is 2. The molecule has 1 spiro atoms. The number of para-hydroxylation sites is 1. The number of allylic oxidation sites excluding steroid dienone is 7. The number of nitrogens with zero attached hydrogens (tertiary/aromatic N) is 1. The van der Waals surface area contributed by atoms with Crippen LogP contribution >= 0.6 is 0 Å². The largest absolute Gasteiger partial charge is 0.449 e. The fraction of sp³-hybridized carbons (Fsp3) is 0.138. The summed E-state index contributed by atoms with van der Waals surface area (Å²) in [4.78, 5) is 2.34. The Kier molecular flexibility index (Phi) is 7.23. The summed E-state index contributed by atoms with van der Waals surface area (Å²) in [5, 5.41) is 0. The number of hydrogen-bond acceptors (Lipinski definition) is 3. The predicted octanol–water partition coefficient (Wildman–Crippen LogP) is 15.1. The van der Waals surface area contributed by atoms with Crippen molar-refractivity contribution in [3.8, 4) is 56.4 Å². The summed E-state index contributed by atoms with van der Waals surface area (Å²) in [5.74, 6) is 3.44. The van der Waals surface area contributed by atoms with E-state index in [1.165, 1.54) is 66.8 Å². The van der Waals surface area contributed by atoms with Gasteiger partial charge in [-0.2, -0.15) is 0 Å². The summed E-state index contributed by atoms with van der Waals surface area (Å²) >= 11 is 0. The molecule has 3 unspecified atom stereocenters. The van der Waals surface area contributed by atoms with Crippen LogP contribution in [0.4, 0.5) is 11.4 Å². The van der Waals surface area contributed by atoms with E-state index in [0.717, 1.165) is 41.4 Å². The van der Waals surface area contributed by atoms with Gasteiger partial charge in [0.25, 0.3) is 0 Å². The third-order valence-corrected chi connectivity index (χ3v) is 14.4. The maximum atomic E-state index is 7.20. The summed E-state index contributed by atoms with van der Waals surface area (Å²) in [6.07, 6.45) is 18.1. The molecule has 0 fully saturated rings. The fourth-order valence-corrected chi connectivity index (χ4v) is 11.8. The molecule has 0 radical (unpaired) electrons. The van der Waals surface area contributed by atoms with Crippen LogP contribution in [0.2, 0.25) is 0 Å². The third kappa shape index (κ3) is 4.69. The topological polar surface area (TPSA) is 21.7 Å². The Morgan fingerprint density at radius 1 is 0.557 bits per heavy atom. The molecule has 0 aromatic heterocycles. The van der Waals surface area contributed by atoms with Gasteiger partial charge in [0.2, 0.25) is 0 Å². The van der Waals surface area contributed by atoms with Gasteiger partial charge < -0.3 is 14.4 Å². The lowest BCUT2D eigenvalue weighted by Crippen LogP contribution is -2.33. The van der Waals surface area contributed by atoms with Gasteiger partial charge in [-0.3, -0.25) is 0 Å². The summed E-state index contributed by atoms with van der Waals surface area (Å²) < 4.78 is 14.1. The van der Waals surface area contributed by atoms with E-state index in [9.17, 15) is 0 Å². The number of anilines is 2. The Balaban J connectivity index is 0.931. The first-order chi connectivity index (χ1) is 30.0. The molecule has 6 aliphatic rings. The van der Waals surface area contributed by atoms with E-state index in [-0.39, 0.29) is 16.7 Å². The van der Waals surface area contributed by atoms with E-state index in [1.807, 2.05) is 6.07 Å². The van der Waals surface area contributed by atoms with Crippen LogP contribution < -0.4 is 14.4 Å². The van der Waals surface area contributed by atoms with E-state index in [2.05, 4.69) is 201 Å². The molecule has 0 N–H and O–H groups in total. The molecular weight excluding hydrogens is 743 g/mol. The van der Waals surface area contributed by atoms with Gasteiger partial charge in [0.1, 0.15) is 0 Å². The van der Waals surface area contributed by atoms with Crippen molar-refractivity contribution in [2.75, 3.05) is 4.90 Å². The number of rotatable bonds is 4. The molecule has 0 saturated carbocycles. The van der Waals surface area contributed by atoms with Gasteiger partial charge >= 0.3 is 0 Å². The molecule has 1 heterocycles. The summed E-state index contributed by atoms with van der Waals surface area (Å²) in [6, 6.07) is 53.6. The second kappa shape index (κ2) is 12.7. The fourth-order valence-electron chi connectivity index (χ4n) is 11.8. The minimum absolute atomic E-state index is 0.0511. The van der Waals surface area contributed by atoms with Crippen molar-refractivity contribution in [3.05, 3.63) is 227 Å². The maximum Gasteiger partial charge on any atom is 0.194 e. The van der Waals surface area contributed by atoms with Crippen molar-refractivity contribution in [1.29, 1.82) is 0 Å². The Morgan fingerprint density at radius 3 is 2.13 bits per heavy atom. The highest BCUT2D eigenvalue weighted by molar-refractivity contribution is 5.93. The first-order valence-electron chi connectivity index (χ1n) is 21.7. The van der Waals surface area contributed by atoms with E-state index < -0.39 is 0 Å². The van der Waals surface area contributed by atoms with Crippen molar-refractivity contribution >= 4 is 11.4 Å². The normalized spacial score (nSPS) is 20.9. The quantitative estimate of drug-likeness (QED) is 0.177. The predicted molar refractivity (Wildman–Crippen MR) is 247 cm³/mol. The van der Waals surface area contributed by atoms with Crippen LogP contribution in [0.25, 0.3) is 33.4 Å². The van der Waals surface area contributed by atoms with Gasteiger partial charge in [0.15, 0.2) is 23.0 Å². The van der Waals surface area contributed by atoms with Crippen molar-refractivity contribution in [2.45, 2.75) is 43.4 Å². The zero-order valence-electron chi connectivity index (χ0n) is 34.2. The molecule has 292 valence electrons. The van der Waals surface area contributed by atoms with E-state index in [0.29, 0.717) is 17.4 Å². The lowest BCUT2D eigenvalue weighted by atomic mass is 9.65. The number of hydrogen-bond donors (Lipinski definition) is 0.